The summed E-state index contributed by atoms with van der Waals surface area (Å²) in [4.78, 5) is 22.4. The van der Waals surface area contributed by atoms with E-state index in [4.69, 9.17) is 0 Å². The van der Waals surface area contributed by atoms with E-state index in [2.05, 4.69) is 15.0 Å². The molecule has 0 saturated carbocycles. The molecule has 2 heterocycles. The standard InChI is InChI=1S/C16H10F3N3O/c17-16(18,19)13-7-6-11(8-20-13)14(23)15-21-9-12(22-15)10-4-2-1-3-5-10/h1-9H,(H,21,22). The Bertz CT molecular complexity index is 824. The summed E-state index contributed by atoms with van der Waals surface area (Å²) in [5, 5.41) is 0. The molecule has 116 valence electrons. The van der Waals surface area contributed by atoms with E-state index in [1.165, 1.54) is 6.20 Å². The van der Waals surface area contributed by atoms with Gasteiger partial charge in [-0.25, -0.2) is 4.98 Å². The first kappa shape index (κ1) is 15.0. The van der Waals surface area contributed by atoms with Gasteiger partial charge in [0.15, 0.2) is 5.82 Å². The molecule has 23 heavy (non-hydrogen) atoms. The normalized spacial score (nSPS) is 11.4. The fourth-order valence-corrected chi connectivity index (χ4v) is 2.03. The van der Waals surface area contributed by atoms with Crippen LogP contribution in [0.4, 0.5) is 13.2 Å². The first-order valence-electron chi connectivity index (χ1n) is 6.63. The maximum Gasteiger partial charge on any atom is 0.433 e. The van der Waals surface area contributed by atoms with Crippen LogP contribution < -0.4 is 0 Å². The highest BCUT2D eigenvalue weighted by atomic mass is 19.4. The Hall–Kier alpha value is -2.96. The minimum atomic E-state index is -4.53. The van der Waals surface area contributed by atoms with Gasteiger partial charge in [-0.2, -0.15) is 13.2 Å². The van der Waals surface area contributed by atoms with Crippen LogP contribution >= 0.6 is 0 Å². The summed E-state index contributed by atoms with van der Waals surface area (Å²) < 4.78 is 37.4. The summed E-state index contributed by atoms with van der Waals surface area (Å²) in [5.41, 5.74) is 0.490. The second-order valence-corrected chi connectivity index (χ2v) is 4.77. The van der Waals surface area contributed by atoms with Crippen molar-refractivity contribution >= 4 is 5.78 Å². The van der Waals surface area contributed by atoms with Gasteiger partial charge in [0.2, 0.25) is 5.78 Å². The molecule has 2 aromatic heterocycles. The molecular formula is C16H10F3N3O. The number of carbonyl (C=O) groups is 1. The molecule has 0 spiro atoms. The van der Waals surface area contributed by atoms with E-state index < -0.39 is 17.7 Å². The molecule has 0 unspecified atom stereocenters. The van der Waals surface area contributed by atoms with Crippen molar-refractivity contribution < 1.29 is 18.0 Å². The number of carbonyl (C=O) groups excluding carboxylic acids is 1. The number of rotatable bonds is 3. The molecule has 0 radical (unpaired) electrons. The molecule has 1 N–H and O–H groups in total. The van der Waals surface area contributed by atoms with Crippen LogP contribution in [0.1, 0.15) is 21.9 Å². The van der Waals surface area contributed by atoms with Crippen LogP contribution in [0.25, 0.3) is 11.3 Å². The van der Waals surface area contributed by atoms with E-state index in [0.717, 1.165) is 23.9 Å². The number of nitrogens with zero attached hydrogens (tertiary/aromatic N) is 2. The Morgan fingerprint density at radius 2 is 1.70 bits per heavy atom. The van der Waals surface area contributed by atoms with Gasteiger partial charge in [-0.3, -0.25) is 9.78 Å². The van der Waals surface area contributed by atoms with Crippen molar-refractivity contribution in [3.8, 4) is 11.3 Å². The fraction of sp³-hybridized carbons (Fsp3) is 0.0625. The average Bonchev–Trinajstić information content (AvgIpc) is 3.04. The molecular weight excluding hydrogens is 307 g/mol. The molecule has 7 heteroatoms. The SMILES string of the molecule is O=C(c1ccc(C(F)(F)F)nc1)c1ncc(-c2ccccc2)[nH]1. The number of nitrogens with one attached hydrogen (secondary N) is 1. The minimum absolute atomic E-state index is 0.0342. The predicted molar refractivity (Wildman–Crippen MR) is 76.7 cm³/mol. The van der Waals surface area contributed by atoms with Crippen molar-refractivity contribution in [1.29, 1.82) is 0 Å². The molecule has 3 aromatic rings. The number of pyridine rings is 1. The van der Waals surface area contributed by atoms with Gasteiger partial charge in [0, 0.05) is 11.8 Å². The van der Waals surface area contributed by atoms with Crippen molar-refractivity contribution in [3.05, 3.63) is 71.9 Å². The highest BCUT2D eigenvalue weighted by Gasteiger charge is 2.32. The molecule has 0 aliphatic carbocycles. The lowest BCUT2D eigenvalue weighted by Gasteiger charge is -2.05. The lowest BCUT2D eigenvalue weighted by molar-refractivity contribution is -0.141. The van der Waals surface area contributed by atoms with Gasteiger partial charge in [-0.05, 0) is 17.7 Å². The van der Waals surface area contributed by atoms with Crippen LogP contribution in [-0.2, 0) is 6.18 Å². The molecule has 4 nitrogen and oxygen atoms in total. The number of H-pyrrole nitrogens is 1. The Labute approximate surface area is 129 Å². The van der Waals surface area contributed by atoms with Gasteiger partial charge in [-0.15, -0.1) is 0 Å². The maximum absolute atomic E-state index is 12.5. The number of aromatic nitrogens is 3. The Kier molecular flexibility index (Phi) is 3.69. The third-order valence-electron chi connectivity index (χ3n) is 3.19. The van der Waals surface area contributed by atoms with Gasteiger partial charge in [-0.1, -0.05) is 30.3 Å². The Morgan fingerprint density at radius 3 is 2.30 bits per heavy atom. The van der Waals surface area contributed by atoms with Crippen LogP contribution in [0.5, 0.6) is 0 Å². The summed E-state index contributed by atoms with van der Waals surface area (Å²) in [5.74, 6) is -0.473. The number of benzene rings is 1. The summed E-state index contributed by atoms with van der Waals surface area (Å²) in [7, 11) is 0. The van der Waals surface area contributed by atoms with E-state index in [1.807, 2.05) is 30.3 Å². The molecule has 0 amide bonds. The smallest absolute Gasteiger partial charge is 0.335 e. The maximum atomic E-state index is 12.5. The van der Waals surface area contributed by atoms with Gasteiger partial charge in [0.25, 0.3) is 0 Å². The number of aromatic amines is 1. The number of halogens is 3. The summed E-state index contributed by atoms with van der Waals surface area (Å²) >= 11 is 0. The topological polar surface area (TPSA) is 58.6 Å². The third-order valence-corrected chi connectivity index (χ3v) is 3.19. The Balaban J connectivity index is 1.85. The molecule has 0 aliphatic heterocycles. The summed E-state index contributed by atoms with van der Waals surface area (Å²) in [6.07, 6.45) is -2.14. The number of ketones is 1. The molecule has 1 aromatic carbocycles. The van der Waals surface area contributed by atoms with Crippen molar-refractivity contribution in [2.24, 2.45) is 0 Å². The number of imidazole rings is 1. The monoisotopic (exact) mass is 317 g/mol. The van der Waals surface area contributed by atoms with E-state index in [1.54, 1.807) is 0 Å². The number of alkyl halides is 3. The second kappa shape index (κ2) is 5.68. The van der Waals surface area contributed by atoms with Crippen LogP contribution in [0.2, 0.25) is 0 Å². The zero-order valence-electron chi connectivity index (χ0n) is 11.6. The second-order valence-electron chi connectivity index (χ2n) is 4.77. The van der Waals surface area contributed by atoms with E-state index in [-0.39, 0.29) is 11.4 Å². The van der Waals surface area contributed by atoms with Crippen molar-refractivity contribution in [2.45, 2.75) is 6.18 Å². The third kappa shape index (κ3) is 3.13. The van der Waals surface area contributed by atoms with Gasteiger partial charge in [0.05, 0.1) is 11.9 Å². The zero-order valence-corrected chi connectivity index (χ0v) is 11.6. The lowest BCUT2D eigenvalue weighted by atomic mass is 10.1. The van der Waals surface area contributed by atoms with Gasteiger partial charge < -0.3 is 4.98 Å². The lowest BCUT2D eigenvalue weighted by Crippen LogP contribution is -2.10. The molecule has 0 aliphatic rings. The highest BCUT2D eigenvalue weighted by Crippen LogP contribution is 2.27. The molecule has 0 bridgehead atoms. The first-order valence-corrected chi connectivity index (χ1v) is 6.63. The Morgan fingerprint density at radius 1 is 0.957 bits per heavy atom. The largest absolute Gasteiger partial charge is 0.433 e. The van der Waals surface area contributed by atoms with Crippen LogP contribution in [0, 0.1) is 0 Å². The quantitative estimate of drug-likeness (QED) is 0.749. The molecule has 0 saturated heterocycles. The van der Waals surface area contributed by atoms with Crippen molar-refractivity contribution in [3.63, 3.8) is 0 Å². The molecule has 3 rings (SSSR count). The van der Waals surface area contributed by atoms with Crippen LogP contribution in [0.3, 0.4) is 0 Å². The predicted octanol–water partition coefficient (Wildman–Crippen LogP) is 3.72. The highest BCUT2D eigenvalue weighted by molar-refractivity contribution is 6.06. The van der Waals surface area contributed by atoms with Crippen molar-refractivity contribution in [1.82, 2.24) is 15.0 Å². The minimum Gasteiger partial charge on any atom is -0.335 e. The average molecular weight is 317 g/mol. The van der Waals surface area contributed by atoms with Crippen molar-refractivity contribution in [2.75, 3.05) is 0 Å². The van der Waals surface area contributed by atoms with Crippen LogP contribution in [0.15, 0.2) is 54.9 Å². The zero-order chi connectivity index (χ0) is 16.4. The fourth-order valence-electron chi connectivity index (χ4n) is 2.03. The van der Waals surface area contributed by atoms with Gasteiger partial charge in [0.1, 0.15) is 5.69 Å². The van der Waals surface area contributed by atoms with E-state index >= 15 is 0 Å². The summed E-state index contributed by atoms with van der Waals surface area (Å²) in [6, 6.07) is 11.1. The molecule has 0 atom stereocenters. The summed E-state index contributed by atoms with van der Waals surface area (Å²) in [6.45, 7) is 0. The van der Waals surface area contributed by atoms with E-state index in [0.29, 0.717) is 5.69 Å². The number of hydrogen-bond donors (Lipinski definition) is 1. The van der Waals surface area contributed by atoms with E-state index in [9.17, 15) is 18.0 Å². The first-order chi connectivity index (χ1) is 10.9. The molecule has 0 fully saturated rings. The van der Waals surface area contributed by atoms with Crippen LogP contribution in [-0.4, -0.2) is 20.7 Å². The van der Waals surface area contributed by atoms with Gasteiger partial charge >= 0.3 is 6.18 Å². The number of hydrogen-bond acceptors (Lipinski definition) is 3.